The molecule has 1 heterocycles. The van der Waals surface area contributed by atoms with Crippen LogP contribution in [0.4, 0.5) is 0 Å². The zero-order chi connectivity index (χ0) is 15.5. The Balaban J connectivity index is 1.63. The van der Waals surface area contributed by atoms with E-state index in [4.69, 9.17) is 0 Å². The molecule has 0 spiro atoms. The molecule has 0 amide bonds. The minimum atomic E-state index is -3.01. The average molecular weight is 314 g/mol. The summed E-state index contributed by atoms with van der Waals surface area (Å²) in [5, 5.41) is 3.93. The maximum absolute atomic E-state index is 11.6. The summed E-state index contributed by atoms with van der Waals surface area (Å²) in [5.74, 6) is 0.858. The first-order valence-corrected chi connectivity index (χ1v) is 10.2. The van der Waals surface area contributed by atoms with Gasteiger partial charge in [-0.3, -0.25) is 0 Å². The highest BCUT2D eigenvalue weighted by Gasteiger charge is 2.59. The molecule has 2 aliphatic carbocycles. The SMILES string of the molecule is CC1(C)C(NC2CCN(S(C)(=O)=O)CC2)[C@]2(C)CC[C@H]1C2. The third kappa shape index (κ3) is 2.66. The fraction of sp³-hybridized carbons (Fsp3) is 1.00. The van der Waals surface area contributed by atoms with Gasteiger partial charge in [0.2, 0.25) is 10.0 Å². The number of hydrogen-bond acceptors (Lipinski definition) is 3. The minimum Gasteiger partial charge on any atom is -0.310 e. The van der Waals surface area contributed by atoms with E-state index < -0.39 is 10.0 Å². The van der Waals surface area contributed by atoms with Crippen LogP contribution < -0.4 is 5.32 Å². The largest absolute Gasteiger partial charge is 0.310 e. The Morgan fingerprint density at radius 2 is 1.71 bits per heavy atom. The van der Waals surface area contributed by atoms with Crippen molar-refractivity contribution in [2.45, 2.75) is 65.0 Å². The molecule has 122 valence electrons. The third-order valence-electron chi connectivity index (χ3n) is 6.60. The molecule has 4 nitrogen and oxygen atoms in total. The molecule has 0 radical (unpaired) electrons. The maximum atomic E-state index is 11.6. The Morgan fingerprint density at radius 3 is 2.19 bits per heavy atom. The number of nitrogens with zero attached hydrogens (tertiary/aromatic N) is 1. The van der Waals surface area contributed by atoms with Gasteiger partial charge in [-0.2, -0.15) is 0 Å². The molecule has 3 fully saturated rings. The van der Waals surface area contributed by atoms with Crippen LogP contribution in [-0.2, 0) is 10.0 Å². The van der Waals surface area contributed by atoms with Crippen LogP contribution in [0.15, 0.2) is 0 Å². The van der Waals surface area contributed by atoms with Gasteiger partial charge in [-0.1, -0.05) is 20.8 Å². The number of sulfonamides is 1. The Morgan fingerprint density at radius 1 is 1.10 bits per heavy atom. The van der Waals surface area contributed by atoms with Crippen molar-refractivity contribution in [2.75, 3.05) is 19.3 Å². The van der Waals surface area contributed by atoms with Crippen molar-refractivity contribution in [3.05, 3.63) is 0 Å². The summed E-state index contributed by atoms with van der Waals surface area (Å²) in [5.41, 5.74) is 0.823. The highest BCUT2D eigenvalue weighted by atomic mass is 32.2. The lowest BCUT2D eigenvalue weighted by atomic mass is 9.68. The molecule has 1 aliphatic heterocycles. The van der Waals surface area contributed by atoms with E-state index in [0.29, 0.717) is 36.0 Å². The summed E-state index contributed by atoms with van der Waals surface area (Å²) < 4.78 is 24.8. The summed E-state index contributed by atoms with van der Waals surface area (Å²) in [6.45, 7) is 8.63. The molecule has 5 heteroatoms. The van der Waals surface area contributed by atoms with Crippen molar-refractivity contribution >= 4 is 10.0 Å². The molecule has 3 aliphatic rings. The molecule has 3 rings (SSSR count). The van der Waals surface area contributed by atoms with Crippen LogP contribution in [0.1, 0.15) is 52.9 Å². The summed E-state index contributed by atoms with van der Waals surface area (Å²) in [6.07, 6.45) is 7.30. The minimum absolute atomic E-state index is 0.376. The van der Waals surface area contributed by atoms with E-state index in [1.165, 1.54) is 25.5 Å². The molecule has 0 aromatic rings. The normalized spacial score (nSPS) is 40.8. The first kappa shape index (κ1) is 15.8. The van der Waals surface area contributed by atoms with E-state index in [1.54, 1.807) is 4.31 Å². The van der Waals surface area contributed by atoms with E-state index >= 15 is 0 Å². The molecule has 1 N–H and O–H groups in total. The predicted molar refractivity (Wildman–Crippen MR) is 85.6 cm³/mol. The van der Waals surface area contributed by atoms with Crippen LogP contribution in [0, 0.1) is 16.7 Å². The number of nitrogens with one attached hydrogen (secondary N) is 1. The number of rotatable bonds is 3. The van der Waals surface area contributed by atoms with Crippen molar-refractivity contribution in [1.82, 2.24) is 9.62 Å². The second-order valence-corrected chi connectivity index (χ2v) is 10.4. The van der Waals surface area contributed by atoms with Gasteiger partial charge in [-0.25, -0.2) is 12.7 Å². The van der Waals surface area contributed by atoms with Gasteiger partial charge in [0.25, 0.3) is 0 Å². The Hall–Kier alpha value is -0.130. The van der Waals surface area contributed by atoms with E-state index in [0.717, 1.165) is 18.8 Å². The lowest BCUT2D eigenvalue weighted by Crippen LogP contribution is -2.56. The molecule has 21 heavy (non-hydrogen) atoms. The molecule has 1 unspecified atom stereocenters. The van der Waals surface area contributed by atoms with Gasteiger partial charge in [-0.15, -0.1) is 0 Å². The molecular formula is C16H30N2O2S. The molecule has 3 atom stereocenters. The van der Waals surface area contributed by atoms with Crippen molar-refractivity contribution in [2.24, 2.45) is 16.7 Å². The van der Waals surface area contributed by atoms with E-state index in [1.807, 2.05) is 0 Å². The quantitative estimate of drug-likeness (QED) is 0.869. The van der Waals surface area contributed by atoms with Gasteiger partial charge in [0, 0.05) is 25.2 Å². The van der Waals surface area contributed by atoms with Crippen LogP contribution in [0.25, 0.3) is 0 Å². The number of fused-ring (bicyclic) bond motifs is 2. The van der Waals surface area contributed by atoms with Gasteiger partial charge in [0.15, 0.2) is 0 Å². The number of hydrogen-bond donors (Lipinski definition) is 1. The van der Waals surface area contributed by atoms with Crippen molar-refractivity contribution in [3.63, 3.8) is 0 Å². The van der Waals surface area contributed by atoms with Gasteiger partial charge in [0.1, 0.15) is 0 Å². The van der Waals surface area contributed by atoms with E-state index in [-0.39, 0.29) is 0 Å². The molecule has 2 bridgehead atoms. The zero-order valence-electron chi connectivity index (χ0n) is 13.9. The first-order chi connectivity index (χ1) is 9.63. The fourth-order valence-corrected chi connectivity index (χ4v) is 6.18. The van der Waals surface area contributed by atoms with Crippen LogP contribution in [0.5, 0.6) is 0 Å². The standard InChI is InChI=1S/C16H30N2O2S/c1-15(2)12-5-8-16(3,11-12)14(15)17-13-6-9-18(10-7-13)21(4,19)20/h12-14,17H,5-11H2,1-4H3/t12-,14?,16+/m0/s1. The second kappa shape index (κ2) is 4.93. The van der Waals surface area contributed by atoms with Gasteiger partial charge in [0.05, 0.1) is 6.26 Å². The summed E-state index contributed by atoms with van der Waals surface area (Å²) >= 11 is 0. The third-order valence-corrected chi connectivity index (χ3v) is 7.90. The Bertz CT molecular complexity index is 504. The monoisotopic (exact) mass is 314 g/mol. The lowest BCUT2D eigenvalue weighted by molar-refractivity contribution is 0.0899. The molecule has 1 saturated heterocycles. The maximum Gasteiger partial charge on any atom is 0.211 e. The molecular weight excluding hydrogens is 284 g/mol. The second-order valence-electron chi connectivity index (χ2n) is 8.45. The van der Waals surface area contributed by atoms with E-state index in [2.05, 4.69) is 26.1 Å². The lowest BCUT2D eigenvalue weighted by Gasteiger charge is -2.46. The summed E-state index contributed by atoms with van der Waals surface area (Å²) in [4.78, 5) is 0. The Labute approximate surface area is 129 Å². The van der Waals surface area contributed by atoms with Gasteiger partial charge >= 0.3 is 0 Å². The van der Waals surface area contributed by atoms with E-state index in [9.17, 15) is 8.42 Å². The predicted octanol–water partition coefficient (Wildman–Crippen LogP) is 2.21. The Kier molecular flexibility index (Phi) is 3.70. The topological polar surface area (TPSA) is 49.4 Å². The van der Waals surface area contributed by atoms with Crippen molar-refractivity contribution in [3.8, 4) is 0 Å². The van der Waals surface area contributed by atoms with Crippen LogP contribution >= 0.6 is 0 Å². The fourth-order valence-electron chi connectivity index (χ4n) is 5.31. The molecule has 2 saturated carbocycles. The van der Waals surface area contributed by atoms with Crippen molar-refractivity contribution < 1.29 is 8.42 Å². The van der Waals surface area contributed by atoms with Crippen LogP contribution in [-0.4, -0.2) is 44.2 Å². The summed E-state index contributed by atoms with van der Waals surface area (Å²) in [6, 6.07) is 1.06. The van der Waals surface area contributed by atoms with Gasteiger partial charge in [-0.05, 0) is 48.9 Å². The smallest absolute Gasteiger partial charge is 0.211 e. The zero-order valence-corrected chi connectivity index (χ0v) is 14.7. The first-order valence-electron chi connectivity index (χ1n) is 8.34. The van der Waals surface area contributed by atoms with Crippen LogP contribution in [0.2, 0.25) is 0 Å². The average Bonchev–Trinajstić information content (AvgIpc) is 2.85. The number of piperidine rings is 1. The highest BCUT2D eigenvalue weighted by Crippen LogP contribution is 2.62. The van der Waals surface area contributed by atoms with Crippen molar-refractivity contribution in [1.29, 1.82) is 0 Å². The van der Waals surface area contributed by atoms with Gasteiger partial charge < -0.3 is 5.32 Å². The molecule has 0 aromatic carbocycles. The molecule has 0 aromatic heterocycles. The summed E-state index contributed by atoms with van der Waals surface area (Å²) in [7, 11) is -3.01. The highest BCUT2D eigenvalue weighted by molar-refractivity contribution is 7.88. The van der Waals surface area contributed by atoms with Crippen LogP contribution in [0.3, 0.4) is 0 Å².